The van der Waals surface area contributed by atoms with Crippen LogP contribution in [0.25, 0.3) is 11.0 Å². The van der Waals surface area contributed by atoms with Crippen molar-refractivity contribution in [1.29, 1.82) is 0 Å². The minimum absolute atomic E-state index is 0.0196. The first-order valence-corrected chi connectivity index (χ1v) is 8.61. The number of H-pyrrole nitrogens is 1. The van der Waals surface area contributed by atoms with E-state index in [-0.39, 0.29) is 5.75 Å². The Kier molecular flexibility index (Phi) is 4.75. The number of rotatable bonds is 6. The molecule has 0 atom stereocenters. The molecule has 130 valence electrons. The largest absolute Gasteiger partial charge is 0.369 e. The highest BCUT2D eigenvalue weighted by Gasteiger charge is 2.18. The maximum absolute atomic E-state index is 12.3. The van der Waals surface area contributed by atoms with E-state index in [0.29, 0.717) is 29.0 Å². The molecule has 0 aliphatic rings. The van der Waals surface area contributed by atoms with Gasteiger partial charge in [-0.25, -0.2) is 4.79 Å². The quantitative estimate of drug-likeness (QED) is 0.612. The minimum Gasteiger partial charge on any atom is -0.369 e. The van der Waals surface area contributed by atoms with Crippen molar-refractivity contribution in [2.75, 3.05) is 5.75 Å². The Morgan fingerprint density at radius 3 is 2.64 bits per heavy atom. The molecule has 8 nitrogen and oxygen atoms in total. The normalized spacial score (nSPS) is 11.1. The first-order valence-electron chi connectivity index (χ1n) is 7.62. The number of fused-ring (bicyclic) bond motifs is 1. The fourth-order valence-corrected chi connectivity index (χ4v) is 3.38. The first-order chi connectivity index (χ1) is 12.0. The molecule has 0 bridgehead atoms. The molecule has 0 aliphatic carbocycles. The Morgan fingerprint density at radius 1 is 1.24 bits per heavy atom. The monoisotopic (exact) mass is 359 g/mol. The fourth-order valence-electron chi connectivity index (χ4n) is 2.58. The van der Waals surface area contributed by atoms with E-state index < -0.39 is 17.2 Å². The number of nitrogens with zero attached hydrogens (tertiary/aromatic N) is 3. The number of primary amides is 1. The van der Waals surface area contributed by atoms with Crippen molar-refractivity contribution in [2.24, 2.45) is 12.8 Å². The van der Waals surface area contributed by atoms with Gasteiger partial charge in [0.05, 0.1) is 5.75 Å². The van der Waals surface area contributed by atoms with Crippen LogP contribution < -0.4 is 17.0 Å². The molecular formula is C16H17N5O3S. The van der Waals surface area contributed by atoms with Gasteiger partial charge in [0.2, 0.25) is 5.91 Å². The number of carbonyl (C=O) groups is 1. The van der Waals surface area contributed by atoms with Gasteiger partial charge in [-0.05, 0) is 12.0 Å². The summed E-state index contributed by atoms with van der Waals surface area (Å²) in [6.07, 6.45) is 0.680. The summed E-state index contributed by atoms with van der Waals surface area (Å²) >= 11 is 1.11. The summed E-state index contributed by atoms with van der Waals surface area (Å²) in [6, 6.07) is 9.82. The number of carbonyl (C=O) groups excluding carboxylic acids is 1. The van der Waals surface area contributed by atoms with Crippen molar-refractivity contribution >= 4 is 28.7 Å². The summed E-state index contributed by atoms with van der Waals surface area (Å²) in [5.41, 5.74) is 6.00. The summed E-state index contributed by atoms with van der Waals surface area (Å²) in [6.45, 7) is 0.471. The van der Waals surface area contributed by atoms with E-state index in [2.05, 4.69) is 10.1 Å². The van der Waals surface area contributed by atoms with Gasteiger partial charge in [0.25, 0.3) is 5.56 Å². The van der Waals surface area contributed by atoms with Crippen molar-refractivity contribution in [3.8, 4) is 0 Å². The number of nitrogens with one attached hydrogen (secondary N) is 1. The number of thioether (sulfide) groups is 1. The van der Waals surface area contributed by atoms with Crippen LogP contribution in [0.15, 0.2) is 44.9 Å². The van der Waals surface area contributed by atoms with Gasteiger partial charge in [-0.3, -0.25) is 23.8 Å². The lowest BCUT2D eigenvalue weighted by atomic mass is 10.1. The zero-order chi connectivity index (χ0) is 18.0. The van der Waals surface area contributed by atoms with Gasteiger partial charge < -0.3 is 5.73 Å². The van der Waals surface area contributed by atoms with Gasteiger partial charge >= 0.3 is 5.69 Å². The molecule has 9 heteroatoms. The second kappa shape index (κ2) is 6.98. The molecule has 3 N–H and O–H groups in total. The average molecular weight is 359 g/mol. The van der Waals surface area contributed by atoms with Gasteiger partial charge in [0.15, 0.2) is 5.52 Å². The Hall–Kier alpha value is -2.81. The Balaban J connectivity index is 2.05. The van der Waals surface area contributed by atoms with Gasteiger partial charge in [0.1, 0.15) is 10.5 Å². The zero-order valence-electron chi connectivity index (χ0n) is 13.6. The Morgan fingerprint density at radius 2 is 1.96 bits per heavy atom. The molecule has 3 rings (SSSR count). The highest BCUT2D eigenvalue weighted by molar-refractivity contribution is 8.00. The lowest BCUT2D eigenvalue weighted by Crippen LogP contribution is -2.29. The fraction of sp³-hybridized carbons (Fsp3) is 0.250. The summed E-state index contributed by atoms with van der Waals surface area (Å²) in [7, 11) is 1.55. The Bertz CT molecular complexity index is 1040. The van der Waals surface area contributed by atoms with Crippen molar-refractivity contribution in [3.05, 3.63) is 56.7 Å². The number of aryl methyl sites for hydroxylation is 3. The SMILES string of the molecule is Cn1c(=O)[nH]c(=O)c2c1c(SCC(N)=O)nn2CCc1ccccc1. The maximum atomic E-state index is 12.3. The summed E-state index contributed by atoms with van der Waals surface area (Å²) in [5.74, 6) is -0.474. The van der Waals surface area contributed by atoms with Crippen molar-refractivity contribution < 1.29 is 4.79 Å². The van der Waals surface area contributed by atoms with Crippen LogP contribution in [0.5, 0.6) is 0 Å². The van der Waals surface area contributed by atoms with Crippen LogP contribution in [0.2, 0.25) is 0 Å². The van der Waals surface area contributed by atoms with E-state index in [1.807, 2.05) is 30.3 Å². The van der Waals surface area contributed by atoms with Crippen LogP contribution in [0.3, 0.4) is 0 Å². The molecule has 2 aromatic heterocycles. The second-order valence-corrected chi connectivity index (χ2v) is 6.50. The highest BCUT2D eigenvalue weighted by atomic mass is 32.2. The van der Waals surface area contributed by atoms with Crippen LogP contribution in [0.4, 0.5) is 0 Å². The molecule has 0 unspecified atom stereocenters. The topological polar surface area (TPSA) is 116 Å². The molecule has 1 aromatic carbocycles. The predicted molar refractivity (Wildman–Crippen MR) is 95.7 cm³/mol. The summed E-state index contributed by atoms with van der Waals surface area (Å²) in [5, 5.41) is 4.87. The number of benzene rings is 1. The molecule has 0 aliphatic heterocycles. The van der Waals surface area contributed by atoms with Crippen LogP contribution in [-0.4, -0.2) is 31.0 Å². The summed E-state index contributed by atoms with van der Waals surface area (Å²) in [4.78, 5) is 37.6. The third kappa shape index (κ3) is 3.50. The number of amides is 1. The van der Waals surface area contributed by atoms with Crippen LogP contribution in [-0.2, 0) is 24.8 Å². The van der Waals surface area contributed by atoms with Gasteiger partial charge in [0, 0.05) is 13.6 Å². The van der Waals surface area contributed by atoms with E-state index in [9.17, 15) is 14.4 Å². The molecule has 25 heavy (non-hydrogen) atoms. The molecule has 0 radical (unpaired) electrons. The molecule has 1 amide bonds. The zero-order valence-corrected chi connectivity index (χ0v) is 14.4. The van der Waals surface area contributed by atoms with E-state index in [0.717, 1.165) is 17.3 Å². The lowest BCUT2D eigenvalue weighted by Gasteiger charge is -2.04. The van der Waals surface area contributed by atoms with Gasteiger partial charge in [-0.2, -0.15) is 5.10 Å². The van der Waals surface area contributed by atoms with E-state index >= 15 is 0 Å². The number of hydrogen-bond donors (Lipinski definition) is 2. The standard InChI is InChI=1S/C16H17N5O3S/c1-20-13-12(14(23)18-16(20)24)21(19-15(13)25-9-11(17)22)8-7-10-5-3-2-4-6-10/h2-6H,7-9H2,1H3,(H2,17,22)(H,18,23,24). The minimum atomic E-state index is -0.527. The van der Waals surface area contributed by atoms with Crippen molar-refractivity contribution in [3.63, 3.8) is 0 Å². The van der Waals surface area contributed by atoms with E-state index in [1.165, 1.54) is 4.57 Å². The molecule has 3 aromatic rings. The summed E-state index contributed by atoms with van der Waals surface area (Å²) < 4.78 is 2.90. The second-order valence-electron chi connectivity index (χ2n) is 5.53. The average Bonchev–Trinajstić information content (AvgIpc) is 2.96. The van der Waals surface area contributed by atoms with Gasteiger partial charge in [-0.15, -0.1) is 0 Å². The molecule has 0 saturated carbocycles. The van der Waals surface area contributed by atoms with E-state index in [1.54, 1.807) is 11.7 Å². The maximum Gasteiger partial charge on any atom is 0.328 e. The van der Waals surface area contributed by atoms with Gasteiger partial charge in [-0.1, -0.05) is 42.1 Å². The van der Waals surface area contributed by atoms with Crippen LogP contribution >= 0.6 is 11.8 Å². The molecule has 0 spiro atoms. The first kappa shape index (κ1) is 17.0. The van der Waals surface area contributed by atoms with Crippen LogP contribution in [0, 0.1) is 0 Å². The van der Waals surface area contributed by atoms with Crippen LogP contribution in [0.1, 0.15) is 5.56 Å². The number of nitrogens with two attached hydrogens (primary N) is 1. The lowest BCUT2D eigenvalue weighted by molar-refractivity contribution is -0.115. The molecular weight excluding hydrogens is 342 g/mol. The Labute approximate surface area is 146 Å². The smallest absolute Gasteiger partial charge is 0.328 e. The third-order valence-corrected chi connectivity index (χ3v) is 4.76. The molecule has 0 fully saturated rings. The molecule has 2 heterocycles. The van der Waals surface area contributed by atoms with Crippen molar-refractivity contribution in [2.45, 2.75) is 18.0 Å². The highest BCUT2D eigenvalue weighted by Crippen LogP contribution is 2.24. The van der Waals surface area contributed by atoms with E-state index in [4.69, 9.17) is 5.73 Å². The molecule has 0 saturated heterocycles. The van der Waals surface area contributed by atoms with Crippen molar-refractivity contribution in [1.82, 2.24) is 19.3 Å². The number of aromatic nitrogens is 4. The predicted octanol–water partition coefficient (Wildman–Crippen LogP) is 0.243. The number of aromatic amines is 1. The third-order valence-electron chi connectivity index (χ3n) is 3.78. The number of hydrogen-bond acceptors (Lipinski definition) is 5.